The second kappa shape index (κ2) is 8.70. The first-order valence-electron chi connectivity index (χ1n) is 11.0. The van der Waals surface area contributed by atoms with Gasteiger partial charge < -0.3 is 20.5 Å². The molecule has 0 aliphatic heterocycles. The van der Waals surface area contributed by atoms with Crippen LogP contribution in [0.15, 0.2) is 0 Å². The van der Waals surface area contributed by atoms with Crippen LogP contribution in [0, 0.1) is 29.1 Å². The monoisotopic (exact) mass is 394 g/mol. The number of hydrogen-bond donors (Lipinski definition) is 3. The molecule has 160 valence electrons. The van der Waals surface area contributed by atoms with Gasteiger partial charge in [-0.3, -0.25) is 9.59 Å². The van der Waals surface area contributed by atoms with Crippen molar-refractivity contribution in [1.29, 1.82) is 0 Å². The van der Waals surface area contributed by atoms with Gasteiger partial charge in [-0.25, -0.2) is 0 Å². The maximum Gasteiger partial charge on any atom is 0.223 e. The van der Waals surface area contributed by atoms with Gasteiger partial charge in [0.25, 0.3) is 0 Å². The van der Waals surface area contributed by atoms with Crippen molar-refractivity contribution >= 4 is 11.8 Å². The lowest BCUT2D eigenvalue weighted by Gasteiger charge is -2.56. The number of methoxy groups -OCH3 is 1. The van der Waals surface area contributed by atoms with Crippen molar-refractivity contribution in [1.82, 2.24) is 10.6 Å². The van der Waals surface area contributed by atoms with Gasteiger partial charge >= 0.3 is 0 Å². The molecule has 3 N–H and O–H groups in total. The number of carbonyl (C=O) groups excluding carboxylic acids is 2. The standard InChI is InChI=1S/C22H38N2O4/c1-13(21(27)23-15-5-6-15)16-7-10-22(3)11-8-17(14(2)19(22)20(16)26)24-18(25)9-12-28-4/h13-17,19-20,26H,5-12H2,1-4H3,(H,23,27)(H,24,25)/t13-,14+,16+,17-,19+,20-,22-/m0/s1. The van der Waals surface area contributed by atoms with Crippen LogP contribution < -0.4 is 10.6 Å². The summed E-state index contributed by atoms with van der Waals surface area (Å²) in [6.07, 6.45) is 5.89. The predicted molar refractivity (Wildman–Crippen MR) is 107 cm³/mol. The number of nitrogens with one attached hydrogen (secondary N) is 2. The summed E-state index contributed by atoms with van der Waals surface area (Å²) in [5, 5.41) is 17.6. The highest BCUT2D eigenvalue weighted by Crippen LogP contribution is 2.55. The van der Waals surface area contributed by atoms with Gasteiger partial charge in [-0.2, -0.15) is 0 Å². The van der Waals surface area contributed by atoms with E-state index in [2.05, 4.69) is 24.5 Å². The summed E-state index contributed by atoms with van der Waals surface area (Å²) in [5.74, 6) is 0.196. The third-order valence-electron chi connectivity index (χ3n) is 7.75. The maximum absolute atomic E-state index is 12.6. The summed E-state index contributed by atoms with van der Waals surface area (Å²) >= 11 is 0. The van der Waals surface area contributed by atoms with Crippen molar-refractivity contribution in [3.63, 3.8) is 0 Å². The molecule has 6 heteroatoms. The molecular weight excluding hydrogens is 356 g/mol. The quantitative estimate of drug-likeness (QED) is 0.618. The minimum Gasteiger partial charge on any atom is -0.392 e. The van der Waals surface area contributed by atoms with E-state index in [0.717, 1.165) is 38.5 Å². The third kappa shape index (κ3) is 4.54. The van der Waals surface area contributed by atoms with E-state index < -0.39 is 6.10 Å². The van der Waals surface area contributed by atoms with E-state index in [0.29, 0.717) is 19.1 Å². The Hall–Kier alpha value is -1.14. The molecule has 6 nitrogen and oxygen atoms in total. The van der Waals surface area contributed by atoms with E-state index in [9.17, 15) is 14.7 Å². The summed E-state index contributed by atoms with van der Waals surface area (Å²) in [4.78, 5) is 24.8. The van der Waals surface area contributed by atoms with E-state index in [1.165, 1.54) is 0 Å². The molecule has 0 spiro atoms. The van der Waals surface area contributed by atoms with Crippen LogP contribution in [-0.2, 0) is 14.3 Å². The minimum absolute atomic E-state index is 0.0118. The fourth-order valence-electron chi connectivity index (χ4n) is 5.73. The van der Waals surface area contributed by atoms with Crippen molar-refractivity contribution in [3.05, 3.63) is 0 Å². The summed E-state index contributed by atoms with van der Waals surface area (Å²) in [6.45, 7) is 6.83. The van der Waals surface area contributed by atoms with Gasteiger partial charge in [-0.05, 0) is 61.7 Å². The van der Waals surface area contributed by atoms with Gasteiger partial charge in [0.15, 0.2) is 0 Å². The number of fused-ring (bicyclic) bond motifs is 1. The lowest BCUT2D eigenvalue weighted by atomic mass is 9.51. The Morgan fingerprint density at radius 3 is 2.50 bits per heavy atom. The van der Waals surface area contributed by atoms with Gasteiger partial charge in [0.2, 0.25) is 11.8 Å². The van der Waals surface area contributed by atoms with Crippen LogP contribution in [0.1, 0.15) is 65.7 Å². The molecule has 3 fully saturated rings. The van der Waals surface area contributed by atoms with Gasteiger partial charge in [-0.1, -0.05) is 20.8 Å². The second-order valence-corrected chi connectivity index (χ2v) is 9.76. The van der Waals surface area contributed by atoms with Gasteiger partial charge in [0.05, 0.1) is 12.7 Å². The zero-order chi connectivity index (χ0) is 20.5. The number of amides is 2. The molecule has 3 saturated carbocycles. The molecule has 0 aromatic carbocycles. The van der Waals surface area contributed by atoms with Crippen LogP contribution in [-0.4, -0.2) is 48.8 Å². The SMILES string of the molecule is COCCC(=O)N[C@H]1CC[C@]2(C)CC[C@H]([C@H](C)C(=O)NC3CC3)[C@H](O)[C@H]2[C@@H]1C. The molecule has 3 rings (SSSR count). The Kier molecular flexibility index (Phi) is 6.70. The fraction of sp³-hybridized carbons (Fsp3) is 0.909. The number of aliphatic hydroxyl groups excluding tert-OH is 1. The normalized spacial score (nSPS) is 39.0. The highest BCUT2D eigenvalue weighted by molar-refractivity contribution is 5.79. The molecule has 0 saturated heterocycles. The number of aliphatic hydroxyl groups is 1. The summed E-state index contributed by atoms with van der Waals surface area (Å²) in [5.41, 5.74) is 0.0791. The summed E-state index contributed by atoms with van der Waals surface area (Å²) in [7, 11) is 1.60. The first kappa shape index (κ1) is 21.6. The smallest absolute Gasteiger partial charge is 0.223 e. The Balaban J connectivity index is 1.67. The van der Waals surface area contributed by atoms with Crippen LogP contribution in [0.4, 0.5) is 0 Å². The lowest BCUT2D eigenvalue weighted by Crippen LogP contribution is -2.58. The van der Waals surface area contributed by atoms with Crippen molar-refractivity contribution in [2.24, 2.45) is 29.1 Å². The Labute approximate surface area is 169 Å². The summed E-state index contributed by atoms with van der Waals surface area (Å²) in [6, 6.07) is 0.424. The topological polar surface area (TPSA) is 87.7 Å². The van der Waals surface area contributed by atoms with Crippen molar-refractivity contribution in [3.8, 4) is 0 Å². The molecule has 0 bridgehead atoms. The molecule has 0 unspecified atom stereocenters. The first-order valence-corrected chi connectivity index (χ1v) is 11.0. The summed E-state index contributed by atoms with van der Waals surface area (Å²) < 4.78 is 5.00. The lowest BCUT2D eigenvalue weighted by molar-refractivity contribution is -0.144. The van der Waals surface area contributed by atoms with Crippen LogP contribution >= 0.6 is 0 Å². The van der Waals surface area contributed by atoms with Crippen LogP contribution in [0.25, 0.3) is 0 Å². The third-order valence-corrected chi connectivity index (χ3v) is 7.75. The largest absolute Gasteiger partial charge is 0.392 e. The van der Waals surface area contributed by atoms with Gasteiger partial charge in [0.1, 0.15) is 0 Å². The maximum atomic E-state index is 12.6. The first-order chi connectivity index (χ1) is 13.3. The zero-order valence-electron chi connectivity index (χ0n) is 17.9. The van der Waals surface area contributed by atoms with Gasteiger partial charge in [0, 0.05) is 31.5 Å². The van der Waals surface area contributed by atoms with Crippen molar-refractivity contribution in [2.75, 3.05) is 13.7 Å². The predicted octanol–water partition coefficient (Wildman–Crippen LogP) is 2.25. The Bertz CT molecular complexity index is 579. The zero-order valence-corrected chi connectivity index (χ0v) is 17.9. The molecule has 0 aromatic heterocycles. The molecule has 2 amide bonds. The minimum atomic E-state index is -0.507. The molecule has 28 heavy (non-hydrogen) atoms. The molecule has 0 radical (unpaired) electrons. The van der Waals surface area contributed by atoms with Gasteiger partial charge in [-0.15, -0.1) is 0 Å². The molecule has 7 atom stereocenters. The molecule has 0 aromatic rings. The van der Waals surface area contributed by atoms with E-state index >= 15 is 0 Å². The average molecular weight is 395 g/mol. The number of ether oxygens (including phenoxy) is 1. The van der Waals surface area contributed by atoms with Crippen LogP contribution in [0.3, 0.4) is 0 Å². The van der Waals surface area contributed by atoms with E-state index in [1.807, 2.05) is 6.92 Å². The molecular formula is C22H38N2O4. The second-order valence-electron chi connectivity index (χ2n) is 9.76. The number of hydrogen-bond acceptors (Lipinski definition) is 4. The fourth-order valence-corrected chi connectivity index (χ4v) is 5.73. The molecule has 3 aliphatic carbocycles. The number of rotatable bonds is 7. The van der Waals surface area contributed by atoms with Crippen molar-refractivity contribution < 1.29 is 19.4 Å². The Morgan fingerprint density at radius 2 is 1.86 bits per heavy atom. The van der Waals surface area contributed by atoms with E-state index in [-0.39, 0.29) is 46.9 Å². The number of carbonyl (C=O) groups is 2. The molecule has 3 aliphatic rings. The highest BCUT2D eigenvalue weighted by Gasteiger charge is 2.54. The molecule has 0 heterocycles. The van der Waals surface area contributed by atoms with E-state index in [4.69, 9.17) is 4.74 Å². The van der Waals surface area contributed by atoms with Crippen LogP contribution in [0.2, 0.25) is 0 Å². The average Bonchev–Trinajstić information content (AvgIpc) is 3.46. The highest BCUT2D eigenvalue weighted by atomic mass is 16.5. The van der Waals surface area contributed by atoms with Crippen molar-refractivity contribution in [2.45, 2.75) is 83.9 Å². The van der Waals surface area contributed by atoms with Crippen LogP contribution in [0.5, 0.6) is 0 Å². The Morgan fingerprint density at radius 1 is 1.18 bits per heavy atom. The van der Waals surface area contributed by atoms with E-state index in [1.54, 1.807) is 7.11 Å².